The number of hydrogen-bond acceptors (Lipinski definition) is 7. The Hall–Kier alpha value is -2.92. The van der Waals surface area contributed by atoms with E-state index in [-0.39, 0.29) is 19.0 Å². The third kappa shape index (κ3) is 4.28. The fraction of sp³-hybridized carbons (Fsp3) is 0.350. The molecule has 0 spiro atoms. The SMILES string of the molecule is COc1ccc2c(c1)[C@H](O)CN(c1nc(C)n(Cc3ccc(C(F)(F)F)s3)c(=O)n1)C2. The molecule has 2 aromatic heterocycles. The van der Waals surface area contributed by atoms with Crippen LogP contribution in [0.2, 0.25) is 0 Å². The molecule has 7 nitrogen and oxygen atoms in total. The standard InChI is InChI=1S/C20H19F3N4O3S/c1-11-24-18(26-8-12-3-4-13(30-2)7-15(12)16(28)10-26)25-19(29)27(11)9-14-5-6-17(31-14)20(21,22)23/h3-7,16,28H,8-10H2,1-2H3/t16-/m1/s1. The van der Waals surface area contributed by atoms with Crippen molar-refractivity contribution in [2.24, 2.45) is 0 Å². The van der Waals surface area contributed by atoms with Gasteiger partial charge in [-0.3, -0.25) is 4.57 Å². The van der Waals surface area contributed by atoms with Crippen molar-refractivity contribution in [1.82, 2.24) is 14.5 Å². The van der Waals surface area contributed by atoms with Crippen molar-refractivity contribution in [3.63, 3.8) is 0 Å². The van der Waals surface area contributed by atoms with Gasteiger partial charge in [0.15, 0.2) is 0 Å². The van der Waals surface area contributed by atoms with Crippen LogP contribution in [0.25, 0.3) is 0 Å². The Kier molecular flexibility index (Phi) is 5.48. The maximum atomic E-state index is 12.8. The molecule has 3 aromatic rings. The van der Waals surface area contributed by atoms with Crippen molar-refractivity contribution >= 4 is 17.3 Å². The van der Waals surface area contributed by atoms with E-state index in [1.165, 1.54) is 10.6 Å². The van der Waals surface area contributed by atoms with Crippen molar-refractivity contribution < 1.29 is 23.0 Å². The highest BCUT2D eigenvalue weighted by Gasteiger charge is 2.32. The van der Waals surface area contributed by atoms with Gasteiger partial charge in [0, 0.05) is 11.4 Å². The number of nitrogens with zero attached hydrogens (tertiary/aromatic N) is 4. The summed E-state index contributed by atoms with van der Waals surface area (Å²) >= 11 is 0.586. The summed E-state index contributed by atoms with van der Waals surface area (Å²) in [6.45, 7) is 2.16. The Bertz CT molecular complexity index is 1180. The smallest absolute Gasteiger partial charge is 0.425 e. The van der Waals surface area contributed by atoms with E-state index >= 15 is 0 Å². The molecule has 4 rings (SSSR count). The van der Waals surface area contributed by atoms with Crippen LogP contribution in [-0.2, 0) is 19.3 Å². The molecule has 1 atom stereocenters. The molecule has 0 bridgehead atoms. The van der Waals surface area contributed by atoms with E-state index in [4.69, 9.17) is 4.74 Å². The lowest BCUT2D eigenvalue weighted by atomic mass is 9.97. The zero-order valence-corrected chi connectivity index (χ0v) is 17.5. The van der Waals surface area contributed by atoms with Gasteiger partial charge in [-0.15, -0.1) is 11.3 Å². The van der Waals surface area contributed by atoms with Gasteiger partial charge in [0.05, 0.1) is 26.3 Å². The topological polar surface area (TPSA) is 80.5 Å². The molecule has 0 fully saturated rings. The summed E-state index contributed by atoms with van der Waals surface area (Å²) in [6.07, 6.45) is -5.23. The second kappa shape index (κ2) is 7.97. The summed E-state index contributed by atoms with van der Waals surface area (Å²) in [4.78, 5) is 22.4. The molecule has 31 heavy (non-hydrogen) atoms. The second-order valence-corrected chi connectivity index (χ2v) is 8.33. The minimum absolute atomic E-state index is 0.0447. The van der Waals surface area contributed by atoms with Gasteiger partial charge in [-0.1, -0.05) is 6.07 Å². The third-order valence-electron chi connectivity index (χ3n) is 5.08. The number of aliphatic hydroxyl groups is 1. The molecule has 0 aliphatic carbocycles. The molecule has 0 amide bonds. The predicted molar refractivity (Wildman–Crippen MR) is 108 cm³/mol. The number of aryl methyl sites for hydroxylation is 1. The fourth-order valence-corrected chi connectivity index (χ4v) is 4.36. The van der Waals surface area contributed by atoms with E-state index < -0.39 is 22.8 Å². The van der Waals surface area contributed by atoms with Gasteiger partial charge in [0.25, 0.3) is 0 Å². The molecule has 164 valence electrons. The first-order valence-corrected chi connectivity index (χ1v) is 10.2. The van der Waals surface area contributed by atoms with Crippen LogP contribution in [0.3, 0.4) is 0 Å². The number of thiophene rings is 1. The first kappa shape index (κ1) is 21.3. The lowest BCUT2D eigenvalue weighted by molar-refractivity contribution is -0.134. The van der Waals surface area contributed by atoms with Gasteiger partial charge < -0.3 is 14.7 Å². The minimum Gasteiger partial charge on any atom is -0.497 e. The number of ether oxygens (including phenoxy) is 1. The Labute approximate surface area is 179 Å². The Balaban J connectivity index is 1.59. The molecule has 1 aromatic carbocycles. The van der Waals surface area contributed by atoms with Crippen LogP contribution in [0.1, 0.15) is 32.8 Å². The summed E-state index contributed by atoms with van der Waals surface area (Å²) < 4.78 is 44.9. The quantitative estimate of drug-likeness (QED) is 0.655. The van der Waals surface area contributed by atoms with Crippen LogP contribution in [-0.4, -0.2) is 33.3 Å². The fourth-order valence-electron chi connectivity index (χ4n) is 3.49. The highest BCUT2D eigenvalue weighted by molar-refractivity contribution is 7.12. The Morgan fingerprint density at radius 1 is 1.26 bits per heavy atom. The number of rotatable bonds is 4. The lowest BCUT2D eigenvalue weighted by Crippen LogP contribution is -2.37. The number of hydrogen-bond donors (Lipinski definition) is 1. The molecule has 0 saturated heterocycles. The van der Waals surface area contributed by atoms with Gasteiger partial charge in [0.2, 0.25) is 5.95 Å². The van der Waals surface area contributed by atoms with Crippen molar-refractivity contribution in [2.45, 2.75) is 32.3 Å². The summed E-state index contributed by atoms with van der Waals surface area (Å²) in [7, 11) is 1.55. The first-order valence-electron chi connectivity index (χ1n) is 9.37. The van der Waals surface area contributed by atoms with Gasteiger partial charge in [-0.05, 0) is 42.3 Å². The predicted octanol–water partition coefficient (Wildman–Crippen LogP) is 3.14. The van der Waals surface area contributed by atoms with Crippen molar-refractivity contribution in [2.75, 3.05) is 18.6 Å². The summed E-state index contributed by atoms with van der Waals surface area (Å²) in [5.41, 5.74) is 1.00. The Morgan fingerprint density at radius 2 is 2.03 bits per heavy atom. The monoisotopic (exact) mass is 452 g/mol. The van der Waals surface area contributed by atoms with E-state index in [1.807, 2.05) is 6.07 Å². The minimum atomic E-state index is -4.42. The summed E-state index contributed by atoms with van der Waals surface area (Å²) in [5, 5.41) is 10.5. The normalized spacial score (nSPS) is 16.3. The summed E-state index contributed by atoms with van der Waals surface area (Å²) in [6, 6.07) is 7.75. The van der Waals surface area contributed by atoms with Crippen LogP contribution in [0, 0.1) is 6.92 Å². The van der Waals surface area contributed by atoms with Crippen LogP contribution in [0.15, 0.2) is 35.1 Å². The molecule has 3 heterocycles. The summed E-state index contributed by atoms with van der Waals surface area (Å²) in [5.74, 6) is 1.14. The number of alkyl halides is 3. The maximum Gasteiger partial charge on any atom is 0.425 e. The molecular formula is C20H19F3N4O3S. The zero-order valence-electron chi connectivity index (χ0n) is 16.7. The number of aliphatic hydroxyl groups excluding tert-OH is 1. The second-order valence-electron chi connectivity index (χ2n) is 7.16. The van der Waals surface area contributed by atoms with E-state index in [2.05, 4.69) is 9.97 Å². The van der Waals surface area contributed by atoms with Crippen LogP contribution >= 0.6 is 11.3 Å². The highest BCUT2D eigenvalue weighted by Crippen LogP contribution is 2.35. The molecule has 0 radical (unpaired) electrons. The molecular weight excluding hydrogens is 433 g/mol. The maximum absolute atomic E-state index is 12.8. The largest absolute Gasteiger partial charge is 0.497 e. The van der Waals surface area contributed by atoms with E-state index in [0.29, 0.717) is 34.3 Å². The number of methoxy groups -OCH3 is 1. The van der Waals surface area contributed by atoms with Gasteiger partial charge in [-0.25, -0.2) is 4.79 Å². The number of benzene rings is 1. The van der Waals surface area contributed by atoms with Crippen LogP contribution in [0.4, 0.5) is 19.1 Å². The number of β-amino-alcohol motifs (C(OH)–C–C–N with tert-alkyl or cyclic N) is 1. The first-order chi connectivity index (χ1) is 14.7. The lowest BCUT2D eigenvalue weighted by Gasteiger charge is -2.32. The molecule has 11 heteroatoms. The molecule has 1 N–H and O–H groups in total. The van der Waals surface area contributed by atoms with Crippen molar-refractivity contribution in [1.29, 1.82) is 0 Å². The molecule has 0 unspecified atom stereocenters. The van der Waals surface area contributed by atoms with Gasteiger partial charge in [0.1, 0.15) is 16.5 Å². The average molecular weight is 452 g/mol. The van der Waals surface area contributed by atoms with E-state index in [0.717, 1.165) is 17.2 Å². The van der Waals surface area contributed by atoms with Crippen LogP contribution < -0.4 is 15.3 Å². The van der Waals surface area contributed by atoms with Gasteiger partial charge in [-0.2, -0.15) is 23.1 Å². The van der Waals surface area contributed by atoms with E-state index in [1.54, 1.807) is 31.1 Å². The average Bonchev–Trinajstić information content (AvgIpc) is 3.19. The third-order valence-corrected chi connectivity index (χ3v) is 6.20. The van der Waals surface area contributed by atoms with Crippen LogP contribution in [0.5, 0.6) is 5.75 Å². The van der Waals surface area contributed by atoms with Gasteiger partial charge >= 0.3 is 11.9 Å². The van der Waals surface area contributed by atoms with E-state index in [9.17, 15) is 23.1 Å². The zero-order chi connectivity index (χ0) is 22.3. The van der Waals surface area contributed by atoms with Crippen molar-refractivity contribution in [3.8, 4) is 5.75 Å². The highest BCUT2D eigenvalue weighted by atomic mass is 32.1. The number of halogens is 3. The molecule has 1 aliphatic rings. The molecule has 0 saturated carbocycles. The van der Waals surface area contributed by atoms with Crippen molar-refractivity contribution in [3.05, 3.63) is 67.5 Å². The Morgan fingerprint density at radius 3 is 2.68 bits per heavy atom. The number of anilines is 1. The number of fused-ring (bicyclic) bond motifs is 1. The molecule has 1 aliphatic heterocycles. The number of aromatic nitrogens is 3.